The van der Waals surface area contributed by atoms with Gasteiger partial charge in [-0.2, -0.15) is 0 Å². The van der Waals surface area contributed by atoms with Crippen molar-refractivity contribution in [2.75, 3.05) is 5.73 Å². The predicted octanol–water partition coefficient (Wildman–Crippen LogP) is 1.54. The van der Waals surface area contributed by atoms with Gasteiger partial charge in [0.2, 0.25) is 5.88 Å². The molecular formula is C16H18N4O3. The van der Waals surface area contributed by atoms with Gasteiger partial charge in [-0.25, -0.2) is 4.79 Å². The number of nitrogen functional groups attached to an aromatic ring is 1. The Bertz CT molecular complexity index is 878. The summed E-state index contributed by atoms with van der Waals surface area (Å²) in [6.45, 7) is 5.38. The predicted molar refractivity (Wildman–Crippen MR) is 90.5 cm³/mol. The summed E-state index contributed by atoms with van der Waals surface area (Å²) < 4.78 is 1.02. The number of allylic oxidation sites excluding steroid dienone is 1. The normalized spacial score (nSPS) is 11.4. The number of benzene rings is 1. The summed E-state index contributed by atoms with van der Waals surface area (Å²) in [5.41, 5.74) is 5.69. The fourth-order valence-corrected chi connectivity index (χ4v) is 2.16. The monoisotopic (exact) mass is 314 g/mol. The fourth-order valence-electron chi connectivity index (χ4n) is 2.16. The van der Waals surface area contributed by atoms with Crippen LogP contribution >= 0.6 is 0 Å². The van der Waals surface area contributed by atoms with E-state index in [-0.39, 0.29) is 12.1 Å². The van der Waals surface area contributed by atoms with Crippen LogP contribution in [0.15, 0.2) is 51.5 Å². The van der Waals surface area contributed by atoms with Crippen molar-refractivity contribution in [3.8, 4) is 5.88 Å². The van der Waals surface area contributed by atoms with Crippen molar-refractivity contribution < 1.29 is 5.11 Å². The van der Waals surface area contributed by atoms with Crippen LogP contribution in [0, 0.1) is 0 Å². The number of hydrogen-bond donors (Lipinski definition) is 3. The summed E-state index contributed by atoms with van der Waals surface area (Å²) in [7, 11) is 0. The number of aliphatic imine (C=N–C) groups is 1. The molecule has 0 spiro atoms. The number of anilines is 1. The molecule has 2 rings (SSSR count). The average molecular weight is 314 g/mol. The molecule has 2 aromatic rings. The van der Waals surface area contributed by atoms with Crippen molar-refractivity contribution in [3.05, 3.63) is 63.3 Å². The first-order valence-electron chi connectivity index (χ1n) is 7.09. The van der Waals surface area contributed by atoms with E-state index in [9.17, 15) is 14.7 Å². The van der Waals surface area contributed by atoms with E-state index in [4.69, 9.17) is 5.73 Å². The van der Waals surface area contributed by atoms with Crippen LogP contribution < -0.4 is 17.0 Å². The Kier molecular flexibility index (Phi) is 4.80. The number of nitrogens with one attached hydrogen (secondary N) is 1. The van der Waals surface area contributed by atoms with Gasteiger partial charge < -0.3 is 10.8 Å². The van der Waals surface area contributed by atoms with Gasteiger partial charge in [-0.15, -0.1) is 6.58 Å². The second kappa shape index (κ2) is 6.78. The molecule has 0 aliphatic rings. The maximum absolute atomic E-state index is 12.1. The molecule has 0 atom stereocenters. The number of aromatic nitrogens is 2. The van der Waals surface area contributed by atoms with Gasteiger partial charge in [-0.3, -0.25) is 19.3 Å². The molecule has 0 unspecified atom stereocenters. The zero-order chi connectivity index (χ0) is 17.0. The summed E-state index contributed by atoms with van der Waals surface area (Å²) >= 11 is 0. The standard InChI is InChI=1S/C16H18N4O3/c1-3-9-20-15(22)13(14(21)19-16(20)23)11(4-2)18-12-8-6-5-7-10(12)17/h3,5-8,22H,1,4,9,17H2,2H3,(H,19,21,23). The van der Waals surface area contributed by atoms with Gasteiger partial charge >= 0.3 is 5.69 Å². The molecule has 23 heavy (non-hydrogen) atoms. The van der Waals surface area contributed by atoms with Gasteiger partial charge in [0.1, 0.15) is 5.56 Å². The first-order chi connectivity index (χ1) is 11.0. The third kappa shape index (κ3) is 3.23. The minimum Gasteiger partial charge on any atom is -0.494 e. The first-order valence-corrected chi connectivity index (χ1v) is 7.09. The van der Waals surface area contributed by atoms with E-state index < -0.39 is 17.1 Å². The molecule has 1 heterocycles. The first kappa shape index (κ1) is 16.3. The van der Waals surface area contributed by atoms with Crippen LogP contribution in [0.3, 0.4) is 0 Å². The highest BCUT2D eigenvalue weighted by Gasteiger charge is 2.18. The molecule has 0 bridgehead atoms. The highest BCUT2D eigenvalue weighted by Crippen LogP contribution is 2.23. The molecular weight excluding hydrogens is 296 g/mol. The molecule has 7 nitrogen and oxygen atoms in total. The number of hydrogen-bond acceptors (Lipinski definition) is 5. The van der Waals surface area contributed by atoms with Gasteiger partial charge in [0.25, 0.3) is 5.56 Å². The average Bonchev–Trinajstić information content (AvgIpc) is 2.52. The van der Waals surface area contributed by atoms with Crippen molar-refractivity contribution in [2.24, 2.45) is 4.99 Å². The zero-order valence-electron chi connectivity index (χ0n) is 12.7. The molecule has 1 aromatic heterocycles. The molecule has 0 radical (unpaired) electrons. The van der Waals surface area contributed by atoms with Crippen LogP contribution in [-0.2, 0) is 6.54 Å². The summed E-state index contributed by atoms with van der Waals surface area (Å²) in [5.74, 6) is -0.436. The number of nitrogens with zero attached hydrogens (tertiary/aromatic N) is 2. The largest absolute Gasteiger partial charge is 0.494 e. The lowest BCUT2D eigenvalue weighted by atomic mass is 10.1. The lowest BCUT2D eigenvalue weighted by Gasteiger charge is -2.11. The number of nitrogens with two attached hydrogens (primary N) is 1. The van der Waals surface area contributed by atoms with Crippen molar-refractivity contribution in [1.82, 2.24) is 9.55 Å². The molecule has 0 aliphatic heterocycles. The number of rotatable bonds is 5. The number of para-hydroxylation sites is 2. The summed E-state index contributed by atoms with van der Waals surface area (Å²) in [5, 5.41) is 10.3. The van der Waals surface area contributed by atoms with Crippen LogP contribution in [0.25, 0.3) is 0 Å². The number of aromatic amines is 1. The van der Waals surface area contributed by atoms with Crippen LogP contribution in [0.1, 0.15) is 18.9 Å². The van der Waals surface area contributed by atoms with Crippen LogP contribution in [0.5, 0.6) is 5.88 Å². The highest BCUT2D eigenvalue weighted by atomic mass is 16.3. The van der Waals surface area contributed by atoms with Crippen LogP contribution in [0.2, 0.25) is 0 Å². The second-order valence-corrected chi connectivity index (χ2v) is 4.83. The third-order valence-electron chi connectivity index (χ3n) is 3.30. The fraction of sp³-hybridized carbons (Fsp3) is 0.188. The summed E-state index contributed by atoms with van der Waals surface area (Å²) in [6, 6.07) is 6.94. The van der Waals surface area contributed by atoms with Crippen molar-refractivity contribution >= 4 is 17.1 Å². The van der Waals surface area contributed by atoms with E-state index in [2.05, 4.69) is 16.6 Å². The molecule has 0 saturated heterocycles. The van der Waals surface area contributed by atoms with Crippen molar-refractivity contribution in [2.45, 2.75) is 19.9 Å². The Morgan fingerprint density at radius 1 is 1.43 bits per heavy atom. The maximum Gasteiger partial charge on any atom is 0.331 e. The molecule has 0 fully saturated rings. The zero-order valence-corrected chi connectivity index (χ0v) is 12.7. The van der Waals surface area contributed by atoms with E-state index in [0.29, 0.717) is 23.5 Å². The van der Waals surface area contributed by atoms with E-state index in [0.717, 1.165) is 4.57 Å². The Morgan fingerprint density at radius 2 is 2.13 bits per heavy atom. The lowest BCUT2D eigenvalue weighted by molar-refractivity contribution is 0.409. The number of H-pyrrole nitrogens is 1. The molecule has 0 aliphatic carbocycles. The lowest BCUT2D eigenvalue weighted by Crippen LogP contribution is -2.33. The van der Waals surface area contributed by atoms with E-state index in [1.54, 1.807) is 31.2 Å². The SMILES string of the molecule is C=CCn1c(O)c(C(CC)=Nc2ccccc2N)c(=O)[nH]c1=O. The molecule has 4 N–H and O–H groups in total. The topological polar surface area (TPSA) is 113 Å². The highest BCUT2D eigenvalue weighted by molar-refractivity contribution is 6.03. The van der Waals surface area contributed by atoms with Gasteiger partial charge in [0.15, 0.2) is 0 Å². The van der Waals surface area contributed by atoms with Gasteiger partial charge in [0, 0.05) is 6.54 Å². The second-order valence-electron chi connectivity index (χ2n) is 4.83. The Labute approximate surface area is 132 Å². The van der Waals surface area contributed by atoms with Crippen molar-refractivity contribution in [3.63, 3.8) is 0 Å². The third-order valence-corrected chi connectivity index (χ3v) is 3.30. The smallest absolute Gasteiger partial charge is 0.331 e. The molecule has 120 valence electrons. The van der Waals surface area contributed by atoms with Gasteiger partial charge in [-0.1, -0.05) is 25.1 Å². The maximum atomic E-state index is 12.1. The summed E-state index contributed by atoms with van der Waals surface area (Å²) in [6.07, 6.45) is 1.82. The summed E-state index contributed by atoms with van der Waals surface area (Å²) in [4.78, 5) is 30.4. The quantitative estimate of drug-likeness (QED) is 0.441. The van der Waals surface area contributed by atoms with Gasteiger partial charge in [-0.05, 0) is 18.6 Å². The molecule has 1 aromatic carbocycles. The Hall–Kier alpha value is -3.09. The minimum atomic E-state index is -0.703. The van der Waals surface area contributed by atoms with E-state index in [1.165, 1.54) is 6.08 Å². The van der Waals surface area contributed by atoms with E-state index in [1.807, 2.05) is 0 Å². The Balaban J connectivity index is 2.70. The van der Waals surface area contributed by atoms with Crippen LogP contribution in [-0.4, -0.2) is 20.4 Å². The Morgan fingerprint density at radius 3 is 2.74 bits per heavy atom. The van der Waals surface area contributed by atoms with Crippen molar-refractivity contribution in [1.29, 1.82) is 0 Å². The van der Waals surface area contributed by atoms with Gasteiger partial charge in [0.05, 0.1) is 17.1 Å². The minimum absolute atomic E-state index is 0.0443. The molecule has 0 saturated carbocycles. The van der Waals surface area contributed by atoms with E-state index >= 15 is 0 Å². The number of aromatic hydroxyl groups is 1. The molecule has 0 amide bonds. The molecule has 7 heteroatoms. The van der Waals surface area contributed by atoms with Crippen LogP contribution in [0.4, 0.5) is 11.4 Å².